The molecule has 0 spiro atoms. The van der Waals surface area contributed by atoms with Crippen LogP contribution in [0.4, 0.5) is 4.79 Å². The number of hydrogen-bond donors (Lipinski definition) is 3. The van der Waals surface area contributed by atoms with Crippen molar-refractivity contribution in [2.24, 2.45) is 11.3 Å². The van der Waals surface area contributed by atoms with Gasteiger partial charge >= 0.3 is 6.09 Å². The molecule has 1 amide bonds. The van der Waals surface area contributed by atoms with Crippen molar-refractivity contribution < 1.29 is 9.53 Å². The van der Waals surface area contributed by atoms with Gasteiger partial charge in [-0.1, -0.05) is 20.8 Å². The van der Waals surface area contributed by atoms with E-state index in [1.54, 1.807) is 0 Å². The van der Waals surface area contributed by atoms with Gasteiger partial charge < -0.3 is 10.1 Å². The third kappa shape index (κ3) is 5.04. The highest BCUT2D eigenvalue weighted by atomic mass is 16.5. The van der Waals surface area contributed by atoms with Crippen molar-refractivity contribution in [1.82, 2.24) is 10.7 Å². The summed E-state index contributed by atoms with van der Waals surface area (Å²) in [7, 11) is 0. The van der Waals surface area contributed by atoms with Crippen molar-refractivity contribution in [3.05, 3.63) is 0 Å². The maximum atomic E-state index is 11.0. The van der Waals surface area contributed by atoms with Crippen molar-refractivity contribution in [3.63, 3.8) is 0 Å². The van der Waals surface area contributed by atoms with Crippen molar-refractivity contribution in [2.45, 2.75) is 33.7 Å². The van der Waals surface area contributed by atoms with E-state index in [1.165, 1.54) is 0 Å². The summed E-state index contributed by atoms with van der Waals surface area (Å²) < 4.78 is 4.97. The summed E-state index contributed by atoms with van der Waals surface area (Å²) in [6.07, 6.45) is -0.406. The lowest BCUT2D eigenvalue weighted by atomic mass is 9.88. The minimum atomic E-state index is -0.406. The Hall–Kier alpha value is -0.810. The number of amides is 1. The Labute approximate surface area is 85.3 Å². The molecule has 0 aromatic rings. The summed E-state index contributed by atoms with van der Waals surface area (Å²) in [6.45, 7) is 8.75. The molecular weight excluding hydrogens is 182 g/mol. The van der Waals surface area contributed by atoms with Gasteiger partial charge in [0.25, 0.3) is 0 Å². The molecule has 0 rings (SSSR count). The van der Waals surface area contributed by atoms with Crippen LogP contribution in [0.25, 0.3) is 0 Å². The fourth-order valence-electron chi connectivity index (χ4n) is 0.903. The van der Waals surface area contributed by atoms with Crippen LogP contribution in [-0.4, -0.2) is 25.3 Å². The van der Waals surface area contributed by atoms with Gasteiger partial charge in [0.15, 0.2) is 0 Å². The molecule has 4 N–H and O–H groups in total. The second-order valence-electron chi connectivity index (χ2n) is 4.21. The van der Waals surface area contributed by atoms with E-state index in [2.05, 4.69) is 10.7 Å². The van der Waals surface area contributed by atoms with E-state index in [0.717, 1.165) is 0 Å². The van der Waals surface area contributed by atoms with Gasteiger partial charge in [0.2, 0.25) is 0 Å². The summed E-state index contributed by atoms with van der Waals surface area (Å²) in [4.78, 5) is 11.0. The van der Waals surface area contributed by atoms with Gasteiger partial charge in [-0.05, 0) is 12.3 Å². The topological polar surface area (TPSA) is 76.4 Å². The zero-order valence-electron chi connectivity index (χ0n) is 9.39. The number of hydrazine groups is 1. The van der Waals surface area contributed by atoms with Crippen LogP contribution in [0, 0.1) is 5.41 Å². The molecule has 0 saturated heterocycles. The zero-order chi connectivity index (χ0) is 11.2. The SMILES string of the molecule is CCNC(=O)OC[C@@H](NN)C(C)(C)C. The molecule has 5 heteroatoms. The monoisotopic (exact) mass is 203 g/mol. The van der Waals surface area contributed by atoms with E-state index in [0.29, 0.717) is 6.54 Å². The third-order valence-corrected chi connectivity index (χ3v) is 1.95. The maximum Gasteiger partial charge on any atom is 0.407 e. The van der Waals surface area contributed by atoms with Crippen molar-refractivity contribution in [3.8, 4) is 0 Å². The first-order valence-corrected chi connectivity index (χ1v) is 4.78. The van der Waals surface area contributed by atoms with Crippen LogP contribution in [0.15, 0.2) is 0 Å². The molecule has 0 aliphatic carbocycles. The molecule has 0 aliphatic rings. The molecule has 0 fully saturated rings. The number of alkyl carbamates (subject to hydrolysis) is 1. The van der Waals surface area contributed by atoms with Crippen molar-refractivity contribution in [2.75, 3.05) is 13.2 Å². The highest BCUT2D eigenvalue weighted by molar-refractivity contribution is 5.66. The number of rotatable bonds is 4. The molecule has 0 aromatic carbocycles. The van der Waals surface area contributed by atoms with E-state index in [9.17, 15) is 4.79 Å². The average Bonchev–Trinajstić information content (AvgIpc) is 2.03. The van der Waals surface area contributed by atoms with Crippen LogP contribution in [0.5, 0.6) is 0 Å². The van der Waals surface area contributed by atoms with Gasteiger partial charge in [-0.3, -0.25) is 11.3 Å². The summed E-state index contributed by atoms with van der Waals surface area (Å²) in [5.74, 6) is 5.36. The number of hydrogen-bond acceptors (Lipinski definition) is 4. The van der Waals surface area contributed by atoms with E-state index in [1.807, 2.05) is 27.7 Å². The smallest absolute Gasteiger partial charge is 0.407 e. The third-order valence-electron chi connectivity index (χ3n) is 1.95. The van der Waals surface area contributed by atoms with Crippen LogP contribution >= 0.6 is 0 Å². The average molecular weight is 203 g/mol. The first-order chi connectivity index (χ1) is 6.41. The molecule has 0 aliphatic heterocycles. The molecule has 84 valence electrons. The first kappa shape index (κ1) is 13.2. The van der Waals surface area contributed by atoms with Crippen molar-refractivity contribution >= 4 is 6.09 Å². The Kier molecular flexibility index (Phi) is 5.49. The number of carbonyl (C=O) groups excluding carboxylic acids is 1. The Bertz CT molecular complexity index is 177. The molecular formula is C9H21N3O2. The molecule has 0 heterocycles. The van der Waals surface area contributed by atoms with Crippen LogP contribution in [0.1, 0.15) is 27.7 Å². The van der Waals surface area contributed by atoms with E-state index in [4.69, 9.17) is 10.6 Å². The molecule has 0 unspecified atom stereocenters. The van der Waals surface area contributed by atoms with Crippen molar-refractivity contribution in [1.29, 1.82) is 0 Å². The second-order valence-corrected chi connectivity index (χ2v) is 4.21. The minimum Gasteiger partial charge on any atom is -0.448 e. The summed E-state index contributed by atoms with van der Waals surface area (Å²) in [5.41, 5.74) is 2.59. The molecule has 1 atom stereocenters. The highest BCUT2D eigenvalue weighted by Gasteiger charge is 2.24. The normalized spacial score (nSPS) is 13.5. The fraction of sp³-hybridized carbons (Fsp3) is 0.889. The lowest BCUT2D eigenvalue weighted by Gasteiger charge is -2.29. The number of carbonyl (C=O) groups is 1. The van der Waals surface area contributed by atoms with E-state index >= 15 is 0 Å². The number of nitrogens with one attached hydrogen (secondary N) is 2. The van der Waals surface area contributed by atoms with E-state index in [-0.39, 0.29) is 18.1 Å². The number of ether oxygens (including phenoxy) is 1. The Morgan fingerprint density at radius 1 is 1.50 bits per heavy atom. The minimum absolute atomic E-state index is 0.0404. The van der Waals surface area contributed by atoms with Gasteiger partial charge in [-0.15, -0.1) is 0 Å². The lowest BCUT2D eigenvalue weighted by Crippen LogP contribution is -2.48. The van der Waals surface area contributed by atoms with Crippen LogP contribution in [0.3, 0.4) is 0 Å². The van der Waals surface area contributed by atoms with E-state index < -0.39 is 6.09 Å². The fourth-order valence-corrected chi connectivity index (χ4v) is 0.903. The zero-order valence-corrected chi connectivity index (χ0v) is 9.39. The van der Waals surface area contributed by atoms with Gasteiger partial charge in [-0.2, -0.15) is 0 Å². The van der Waals surface area contributed by atoms with Crippen LogP contribution in [0.2, 0.25) is 0 Å². The quantitative estimate of drug-likeness (QED) is 0.462. The lowest BCUT2D eigenvalue weighted by molar-refractivity contribution is 0.107. The predicted molar refractivity (Wildman–Crippen MR) is 55.6 cm³/mol. The Morgan fingerprint density at radius 3 is 2.43 bits per heavy atom. The number of nitrogens with two attached hydrogens (primary N) is 1. The van der Waals surface area contributed by atoms with Gasteiger partial charge in [0, 0.05) is 6.54 Å². The Morgan fingerprint density at radius 2 is 2.07 bits per heavy atom. The molecule has 0 saturated carbocycles. The van der Waals surface area contributed by atoms with Gasteiger partial charge in [0.1, 0.15) is 6.61 Å². The summed E-state index contributed by atoms with van der Waals surface area (Å²) in [6, 6.07) is -0.0508. The molecule has 14 heavy (non-hydrogen) atoms. The highest BCUT2D eigenvalue weighted by Crippen LogP contribution is 2.18. The largest absolute Gasteiger partial charge is 0.448 e. The van der Waals surface area contributed by atoms with Crippen LogP contribution < -0.4 is 16.6 Å². The summed E-state index contributed by atoms with van der Waals surface area (Å²) >= 11 is 0. The summed E-state index contributed by atoms with van der Waals surface area (Å²) in [5, 5.41) is 2.55. The van der Waals surface area contributed by atoms with Crippen LogP contribution in [-0.2, 0) is 4.74 Å². The maximum absolute atomic E-state index is 11.0. The Balaban J connectivity index is 3.91. The molecule has 5 nitrogen and oxygen atoms in total. The van der Waals surface area contributed by atoms with Gasteiger partial charge in [-0.25, -0.2) is 4.79 Å². The molecule has 0 radical (unpaired) electrons. The van der Waals surface area contributed by atoms with Gasteiger partial charge in [0.05, 0.1) is 6.04 Å². The molecule has 0 bridgehead atoms. The standard InChI is InChI=1S/C9H21N3O2/c1-5-11-8(13)14-6-7(12-10)9(2,3)4/h7,12H,5-6,10H2,1-4H3,(H,11,13)/t7-/m1/s1. The predicted octanol–water partition coefficient (Wildman–Crippen LogP) is 0.611. The first-order valence-electron chi connectivity index (χ1n) is 4.78. The molecule has 0 aromatic heterocycles. The second kappa shape index (κ2) is 5.82.